The van der Waals surface area contributed by atoms with Crippen LogP contribution in [0.15, 0.2) is 43.0 Å². The molecule has 2 aromatic rings. The Hall–Kier alpha value is -0.510. The first-order valence-electron chi connectivity index (χ1n) is 5.26. The number of hydrogen-bond donors (Lipinski definition) is 1. The Kier molecular flexibility index (Phi) is 4.83. The predicted molar refractivity (Wildman–Crippen MR) is 87.1 cm³/mol. The molecule has 9 heteroatoms. The molecule has 1 heterocycles. The van der Waals surface area contributed by atoms with Gasteiger partial charge in [0.2, 0.25) is 0 Å². The van der Waals surface area contributed by atoms with Crippen molar-refractivity contribution in [2.45, 2.75) is 11.8 Å². The van der Waals surface area contributed by atoms with E-state index in [0.29, 0.717) is 13.7 Å². The summed E-state index contributed by atoms with van der Waals surface area (Å²) in [6.45, 7) is 1.88. The van der Waals surface area contributed by atoms with Crippen molar-refractivity contribution in [3.8, 4) is 0 Å². The topological polar surface area (TPSA) is 72.0 Å². The number of anilines is 1. The third kappa shape index (κ3) is 3.57. The average molecular weight is 486 g/mol. The lowest BCUT2D eigenvalue weighted by Gasteiger charge is -2.10. The Morgan fingerprint density at radius 1 is 1.20 bits per heavy atom. The van der Waals surface area contributed by atoms with E-state index in [2.05, 4.69) is 62.5 Å². The molecular weight excluding hydrogens is 478 g/mol. The summed E-state index contributed by atoms with van der Waals surface area (Å²) in [5, 5.41) is 0. The molecule has 0 saturated heterocycles. The molecule has 0 atom stereocenters. The molecule has 0 fully saturated rings. The van der Waals surface area contributed by atoms with Gasteiger partial charge in [-0.3, -0.25) is 4.72 Å². The zero-order valence-electron chi connectivity index (χ0n) is 10.1. The molecule has 0 aliphatic rings. The van der Waals surface area contributed by atoms with Crippen molar-refractivity contribution in [3.05, 3.63) is 43.6 Å². The predicted octanol–water partition coefficient (Wildman–Crippen LogP) is 3.87. The van der Waals surface area contributed by atoms with Crippen molar-refractivity contribution < 1.29 is 8.42 Å². The minimum absolute atomic E-state index is 0.126. The van der Waals surface area contributed by atoms with Crippen LogP contribution in [0.3, 0.4) is 0 Å². The van der Waals surface area contributed by atoms with Crippen molar-refractivity contribution >= 4 is 63.6 Å². The number of hydrogen-bond acceptors (Lipinski definition) is 4. The van der Waals surface area contributed by atoms with E-state index in [4.69, 9.17) is 0 Å². The monoisotopic (exact) mass is 483 g/mol. The average Bonchev–Trinajstić information content (AvgIpc) is 2.32. The molecule has 1 aromatic heterocycles. The summed E-state index contributed by atoms with van der Waals surface area (Å²) in [4.78, 5) is 8.13. The van der Waals surface area contributed by atoms with E-state index in [-0.39, 0.29) is 10.7 Å². The molecule has 0 aliphatic heterocycles. The summed E-state index contributed by atoms with van der Waals surface area (Å²) in [6.07, 6.45) is 1.41. The van der Waals surface area contributed by atoms with Crippen LogP contribution in [-0.4, -0.2) is 18.4 Å². The van der Waals surface area contributed by atoms with E-state index >= 15 is 0 Å². The highest BCUT2D eigenvalue weighted by Crippen LogP contribution is 2.27. The molecule has 0 unspecified atom stereocenters. The van der Waals surface area contributed by atoms with E-state index in [0.717, 1.165) is 5.56 Å². The number of benzene rings is 1. The van der Waals surface area contributed by atoms with Crippen LogP contribution in [0.1, 0.15) is 5.56 Å². The molecule has 106 valence electrons. The van der Waals surface area contributed by atoms with Gasteiger partial charge in [-0.05, 0) is 72.4 Å². The first-order valence-corrected chi connectivity index (χ1v) is 9.13. The Labute approximate surface area is 141 Å². The highest BCUT2D eigenvalue weighted by Gasteiger charge is 2.20. The van der Waals surface area contributed by atoms with Gasteiger partial charge in [-0.1, -0.05) is 6.07 Å². The van der Waals surface area contributed by atoms with Crippen LogP contribution in [0.4, 0.5) is 5.82 Å². The van der Waals surface area contributed by atoms with Gasteiger partial charge in [-0.25, -0.2) is 18.4 Å². The van der Waals surface area contributed by atoms with Crippen molar-refractivity contribution in [2.75, 3.05) is 4.72 Å². The molecule has 0 radical (unpaired) electrons. The van der Waals surface area contributed by atoms with Crippen molar-refractivity contribution in [1.82, 2.24) is 9.97 Å². The van der Waals surface area contributed by atoms with E-state index in [1.807, 2.05) is 6.92 Å². The second-order valence-electron chi connectivity index (χ2n) is 3.87. The van der Waals surface area contributed by atoms with Gasteiger partial charge >= 0.3 is 0 Å². The van der Waals surface area contributed by atoms with Crippen LogP contribution >= 0.6 is 47.8 Å². The minimum atomic E-state index is -3.74. The highest BCUT2D eigenvalue weighted by atomic mass is 79.9. The Bertz CT molecular complexity index is 766. The van der Waals surface area contributed by atoms with Crippen LogP contribution in [-0.2, 0) is 10.0 Å². The number of nitrogens with one attached hydrogen (secondary N) is 1. The Balaban J connectivity index is 2.41. The molecule has 2 rings (SSSR count). The lowest BCUT2D eigenvalue weighted by atomic mass is 10.2. The van der Waals surface area contributed by atoms with Crippen LogP contribution in [0.2, 0.25) is 0 Å². The summed E-state index contributed by atoms with van der Waals surface area (Å²) in [5.41, 5.74) is 0.959. The first-order chi connectivity index (χ1) is 9.29. The normalized spacial score (nSPS) is 11.4. The van der Waals surface area contributed by atoms with Gasteiger partial charge < -0.3 is 0 Å². The van der Waals surface area contributed by atoms with Crippen LogP contribution in [0.25, 0.3) is 0 Å². The van der Waals surface area contributed by atoms with Gasteiger partial charge in [0, 0.05) is 4.47 Å². The van der Waals surface area contributed by atoms with Crippen molar-refractivity contribution in [1.29, 1.82) is 0 Å². The van der Waals surface area contributed by atoms with Crippen LogP contribution < -0.4 is 4.72 Å². The van der Waals surface area contributed by atoms with Crippen LogP contribution in [0, 0.1) is 6.92 Å². The standard InChI is InChI=1S/C11H8Br3N3O2S/c1-6-2-3-8(7(12)4-6)20(18,19)17-11-10(14)16-9(13)5-15-11/h2-5H,1H3,(H,15,17). The molecule has 5 nitrogen and oxygen atoms in total. The summed E-state index contributed by atoms with van der Waals surface area (Å²) < 4.78 is 28.3. The minimum Gasteiger partial charge on any atom is -0.261 e. The molecule has 0 amide bonds. The largest absolute Gasteiger partial charge is 0.264 e. The Morgan fingerprint density at radius 3 is 2.50 bits per heavy atom. The van der Waals surface area contributed by atoms with Crippen LogP contribution in [0.5, 0.6) is 0 Å². The van der Waals surface area contributed by atoms with Gasteiger partial charge in [0.05, 0.1) is 6.20 Å². The van der Waals surface area contributed by atoms with Gasteiger partial charge in [0.15, 0.2) is 10.4 Å². The number of halogens is 3. The van der Waals surface area contributed by atoms with E-state index in [9.17, 15) is 8.42 Å². The molecular formula is C11H8Br3N3O2S. The number of nitrogens with zero attached hydrogens (tertiary/aromatic N) is 2. The number of aromatic nitrogens is 2. The first kappa shape index (κ1) is 15.9. The summed E-state index contributed by atoms with van der Waals surface area (Å²) >= 11 is 9.56. The van der Waals surface area contributed by atoms with E-state index in [1.54, 1.807) is 12.1 Å². The lowest BCUT2D eigenvalue weighted by Crippen LogP contribution is -2.15. The molecule has 20 heavy (non-hydrogen) atoms. The maximum atomic E-state index is 12.3. The van der Waals surface area contributed by atoms with Crippen molar-refractivity contribution in [3.63, 3.8) is 0 Å². The summed E-state index contributed by atoms with van der Waals surface area (Å²) in [5.74, 6) is 0.126. The fraction of sp³-hybridized carbons (Fsp3) is 0.0909. The third-order valence-corrected chi connectivity index (χ3v) is 5.56. The number of sulfonamides is 1. The smallest absolute Gasteiger partial charge is 0.261 e. The molecule has 0 spiro atoms. The second-order valence-corrected chi connectivity index (χ2v) is 7.94. The van der Waals surface area contributed by atoms with Gasteiger partial charge in [-0.15, -0.1) is 0 Å². The molecule has 0 aliphatic carbocycles. The zero-order chi connectivity index (χ0) is 14.9. The summed E-state index contributed by atoms with van der Waals surface area (Å²) in [7, 11) is -3.74. The van der Waals surface area contributed by atoms with Gasteiger partial charge in [-0.2, -0.15) is 0 Å². The quantitative estimate of drug-likeness (QED) is 0.716. The number of rotatable bonds is 3. The second kappa shape index (κ2) is 6.08. The molecule has 1 N–H and O–H groups in total. The van der Waals surface area contributed by atoms with E-state index < -0.39 is 10.0 Å². The molecule has 1 aromatic carbocycles. The maximum absolute atomic E-state index is 12.3. The fourth-order valence-electron chi connectivity index (χ4n) is 1.42. The fourth-order valence-corrected chi connectivity index (χ4v) is 4.67. The number of aryl methyl sites for hydroxylation is 1. The van der Waals surface area contributed by atoms with Gasteiger partial charge in [0.1, 0.15) is 9.50 Å². The maximum Gasteiger partial charge on any atom is 0.264 e. The Morgan fingerprint density at radius 2 is 1.90 bits per heavy atom. The SMILES string of the molecule is Cc1ccc(S(=O)(=O)Nc2ncc(Br)nc2Br)c(Br)c1. The zero-order valence-corrected chi connectivity index (χ0v) is 15.6. The molecule has 0 saturated carbocycles. The van der Waals surface area contributed by atoms with E-state index in [1.165, 1.54) is 12.3 Å². The van der Waals surface area contributed by atoms with Crippen molar-refractivity contribution in [2.24, 2.45) is 0 Å². The highest BCUT2D eigenvalue weighted by molar-refractivity contribution is 9.11. The summed E-state index contributed by atoms with van der Waals surface area (Å²) in [6, 6.07) is 4.99. The van der Waals surface area contributed by atoms with Gasteiger partial charge in [0.25, 0.3) is 10.0 Å². The third-order valence-electron chi connectivity index (χ3n) is 2.31. The molecule has 0 bridgehead atoms. The lowest BCUT2D eigenvalue weighted by molar-refractivity contribution is 0.600.